The lowest BCUT2D eigenvalue weighted by molar-refractivity contribution is -0.137. The van der Waals surface area contributed by atoms with Gasteiger partial charge in [0.05, 0.1) is 5.41 Å². The van der Waals surface area contributed by atoms with Gasteiger partial charge < -0.3 is 10.1 Å². The van der Waals surface area contributed by atoms with E-state index in [9.17, 15) is 9.59 Å². The van der Waals surface area contributed by atoms with E-state index >= 15 is 0 Å². The van der Waals surface area contributed by atoms with Crippen molar-refractivity contribution in [3.8, 4) is 5.75 Å². The van der Waals surface area contributed by atoms with Crippen molar-refractivity contribution >= 4 is 17.6 Å². The van der Waals surface area contributed by atoms with Gasteiger partial charge in [-0.15, -0.1) is 0 Å². The highest BCUT2D eigenvalue weighted by molar-refractivity contribution is 5.89. The zero-order chi connectivity index (χ0) is 15.6. The molecule has 0 atom stereocenters. The van der Waals surface area contributed by atoms with Crippen molar-refractivity contribution in [1.29, 1.82) is 0 Å². The van der Waals surface area contributed by atoms with E-state index in [4.69, 9.17) is 4.74 Å². The van der Waals surface area contributed by atoms with Crippen molar-refractivity contribution < 1.29 is 14.3 Å². The number of rotatable bonds is 4. The van der Waals surface area contributed by atoms with Gasteiger partial charge in [-0.1, -0.05) is 30.3 Å². The first-order chi connectivity index (χ1) is 10.6. The fourth-order valence-corrected chi connectivity index (χ4v) is 2.51. The third-order valence-corrected chi connectivity index (χ3v) is 3.85. The quantitative estimate of drug-likeness (QED) is 0.695. The minimum atomic E-state index is -0.489. The first-order valence-corrected chi connectivity index (χ1v) is 7.26. The van der Waals surface area contributed by atoms with E-state index in [2.05, 4.69) is 5.32 Å². The van der Waals surface area contributed by atoms with E-state index < -0.39 is 5.41 Å². The number of carbonyl (C=O) groups is 2. The summed E-state index contributed by atoms with van der Waals surface area (Å²) in [4.78, 5) is 23.4. The Morgan fingerprint density at radius 3 is 2.18 bits per heavy atom. The van der Waals surface area contributed by atoms with Crippen LogP contribution in [0.1, 0.15) is 25.3 Å². The third kappa shape index (κ3) is 2.86. The molecule has 112 valence electrons. The van der Waals surface area contributed by atoms with E-state index in [-0.39, 0.29) is 11.9 Å². The van der Waals surface area contributed by atoms with Crippen LogP contribution in [0.25, 0.3) is 0 Å². The fourth-order valence-electron chi connectivity index (χ4n) is 2.51. The standard InChI is InChI=1S/C18H17NO3/c1-13(20)19-15-7-9-16(10-8-15)22-17(21)18(11-12-18)14-5-3-2-4-6-14/h2-10H,11-12H2,1H3,(H,19,20). The Kier molecular flexibility index (Phi) is 3.67. The summed E-state index contributed by atoms with van der Waals surface area (Å²) in [6.07, 6.45) is 1.64. The lowest BCUT2D eigenvalue weighted by Gasteiger charge is -2.14. The molecule has 4 nitrogen and oxygen atoms in total. The van der Waals surface area contributed by atoms with Crippen LogP contribution < -0.4 is 10.1 Å². The Balaban J connectivity index is 1.71. The summed E-state index contributed by atoms with van der Waals surface area (Å²) in [6.45, 7) is 1.45. The molecule has 0 bridgehead atoms. The zero-order valence-corrected chi connectivity index (χ0v) is 12.3. The molecule has 0 spiro atoms. The van der Waals surface area contributed by atoms with Crippen LogP contribution in [0.2, 0.25) is 0 Å². The predicted molar refractivity (Wildman–Crippen MR) is 83.7 cm³/mol. The van der Waals surface area contributed by atoms with Crippen LogP contribution in [-0.2, 0) is 15.0 Å². The lowest BCUT2D eigenvalue weighted by atomic mass is 9.96. The summed E-state index contributed by atoms with van der Waals surface area (Å²) in [5.74, 6) is 0.137. The van der Waals surface area contributed by atoms with E-state index in [1.807, 2.05) is 30.3 Å². The van der Waals surface area contributed by atoms with Crippen LogP contribution in [0.4, 0.5) is 5.69 Å². The van der Waals surface area contributed by atoms with E-state index in [0.29, 0.717) is 11.4 Å². The number of ether oxygens (including phenoxy) is 1. The second-order valence-electron chi connectivity index (χ2n) is 5.54. The molecule has 2 aromatic carbocycles. The van der Waals surface area contributed by atoms with Crippen LogP contribution in [0, 0.1) is 0 Å². The Bertz CT molecular complexity index is 688. The smallest absolute Gasteiger partial charge is 0.321 e. The van der Waals surface area contributed by atoms with Gasteiger partial charge in [0.15, 0.2) is 0 Å². The Labute approximate surface area is 129 Å². The average Bonchev–Trinajstić information content (AvgIpc) is 3.31. The molecule has 0 unspecified atom stereocenters. The van der Waals surface area contributed by atoms with E-state index in [1.165, 1.54) is 6.92 Å². The highest BCUT2D eigenvalue weighted by Crippen LogP contribution is 2.49. The molecule has 0 radical (unpaired) electrons. The van der Waals surface area contributed by atoms with Gasteiger partial charge >= 0.3 is 5.97 Å². The molecule has 1 aliphatic rings. The van der Waals surface area contributed by atoms with Gasteiger partial charge in [-0.05, 0) is 42.7 Å². The molecule has 2 aromatic rings. The molecule has 3 rings (SSSR count). The van der Waals surface area contributed by atoms with E-state index in [0.717, 1.165) is 18.4 Å². The van der Waals surface area contributed by atoms with Gasteiger partial charge in [0.2, 0.25) is 5.91 Å². The Morgan fingerprint density at radius 1 is 1.00 bits per heavy atom. The summed E-state index contributed by atoms with van der Waals surface area (Å²) in [5.41, 5.74) is 1.20. The Hall–Kier alpha value is -2.62. The number of carbonyl (C=O) groups excluding carboxylic acids is 2. The molecular weight excluding hydrogens is 278 g/mol. The van der Waals surface area contributed by atoms with Crippen molar-refractivity contribution in [2.75, 3.05) is 5.32 Å². The van der Waals surface area contributed by atoms with E-state index in [1.54, 1.807) is 24.3 Å². The van der Waals surface area contributed by atoms with Gasteiger partial charge in [-0.2, -0.15) is 0 Å². The van der Waals surface area contributed by atoms with Crippen molar-refractivity contribution in [1.82, 2.24) is 0 Å². The van der Waals surface area contributed by atoms with Gasteiger partial charge in [0.1, 0.15) is 5.75 Å². The number of hydrogen-bond acceptors (Lipinski definition) is 3. The van der Waals surface area contributed by atoms with Crippen molar-refractivity contribution in [2.45, 2.75) is 25.2 Å². The monoisotopic (exact) mass is 295 g/mol. The second kappa shape index (κ2) is 5.64. The molecule has 0 saturated heterocycles. The molecule has 1 amide bonds. The highest BCUT2D eigenvalue weighted by atomic mass is 16.5. The maximum absolute atomic E-state index is 12.5. The summed E-state index contributed by atoms with van der Waals surface area (Å²) >= 11 is 0. The topological polar surface area (TPSA) is 55.4 Å². The normalized spacial score (nSPS) is 15.0. The van der Waals surface area contributed by atoms with Gasteiger partial charge in [-0.25, -0.2) is 0 Å². The second-order valence-corrected chi connectivity index (χ2v) is 5.54. The van der Waals surface area contributed by atoms with Crippen molar-refractivity contribution in [3.05, 3.63) is 60.2 Å². The van der Waals surface area contributed by atoms with Crippen LogP contribution >= 0.6 is 0 Å². The molecule has 1 saturated carbocycles. The number of anilines is 1. The summed E-state index contributed by atoms with van der Waals surface area (Å²) < 4.78 is 5.50. The summed E-state index contributed by atoms with van der Waals surface area (Å²) in [6, 6.07) is 16.5. The van der Waals surface area contributed by atoms with Gasteiger partial charge in [0, 0.05) is 12.6 Å². The number of nitrogens with one attached hydrogen (secondary N) is 1. The number of esters is 1. The first-order valence-electron chi connectivity index (χ1n) is 7.26. The van der Waals surface area contributed by atoms with Crippen molar-refractivity contribution in [3.63, 3.8) is 0 Å². The molecule has 0 heterocycles. The minimum absolute atomic E-state index is 0.134. The third-order valence-electron chi connectivity index (χ3n) is 3.85. The van der Waals surface area contributed by atoms with Crippen LogP contribution in [0.15, 0.2) is 54.6 Å². The number of amides is 1. The molecule has 1 N–H and O–H groups in total. The van der Waals surface area contributed by atoms with Crippen LogP contribution in [0.3, 0.4) is 0 Å². The van der Waals surface area contributed by atoms with Crippen LogP contribution in [-0.4, -0.2) is 11.9 Å². The minimum Gasteiger partial charge on any atom is -0.426 e. The largest absolute Gasteiger partial charge is 0.426 e. The average molecular weight is 295 g/mol. The maximum atomic E-state index is 12.5. The molecule has 4 heteroatoms. The van der Waals surface area contributed by atoms with Crippen molar-refractivity contribution in [2.24, 2.45) is 0 Å². The number of hydrogen-bond donors (Lipinski definition) is 1. The summed E-state index contributed by atoms with van der Waals surface area (Å²) in [5, 5.41) is 2.67. The molecule has 1 aliphatic carbocycles. The van der Waals surface area contributed by atoms with Crippen LogP contribution in [0.5, 0.6) is 5.75 Å². The highest BCUT2D eigenvalue weighted by Gasteiger charge is 2.52. The molecule has 22 heavy (non-hydrogen) atoms. The SMILES string of the molecule is CC(=O)Nc1ccc(OC(=O)C2(c3ccccc3)CC2)cc1. The molecular formula is C18H17NO3. The predicted octanol–water partition coefficient (Wildman–Crippen LogP) is 3.28. The molecule has 1 fully saturated rings. The maximum Gasteiger partial charge on any atom is 0.321 e. The Morgan fingerprint density at radius 2 is 1.64 bits per heavy atom. The lowest BCUT2D eigenvalue weighted by Crippen LogP contribution is -2.25. The zero-order valence-electron chi connectivity index (χ0n) is 12.3. The number of benzene rings is 2. The van der Waals surface area contributed by atoms with Gasteiger partial charge in [0.25, 0.3) is 0 Å². The van der Waals surface area contributed by atoms with Gasteiger partial charge in [-0.3, -0.25) is 9.59 Å². The fraction of sp³-hybridized carbons (Fsp3) is 0.222. The summed E-state index contributed by atoms with van der Waals surface area (Å²) in [7, 11) is 0. The first kappa shape index (κ1) is 14.3. The molecule has 0 aromatic heterocycles. The molecule has 0 aliphatic heterocycles.